The molecule has 3 atom stereocenters. The number of nitrogens with zero attached hydrogens (tertiary/aromatic N) is 1. The summed E-state index contributed by atoms with van der Waals surface area (Å²) < 4.78 is 28.0. The fourth-order valence-electron chi connectivity index (χ4n) is 4.09. The normalized spacial score (nSPS) is 29.4. The van der Waals surface area contributed by atoms with Crippen molar-refractivity contribution in [2.75, 3.05) is 13.2 Å². The van der Waals surface area contributed by atoms with Crippen LogP contribution in [0, 0.1) is 18.3 Å². The average molecular weight is 343 g/mol. The maximum Gasteiger partial charge on any atom is 0.243 e. The lowest BCUT2D eigenvalue weighted by Gasteiger charge is -2.31. The summed E-state index contributed by atoms with van der Waals surface area (Å²) in [6, 6.07) is 16.4. The zero-order valence-corrected chi connectivity index (χ0v) is 14.4. The maximum absolute atomic E-state index is 13.2. The van der Waals surface area contributed by atoms with Crippen molar-refractivity contribution >= 4 is 10.0 Å². The van der Waals surface area contributed by atoms with Gasteiger partial charge in [-0.25, -0.2) is 8.42 Å². The number of aliphatic hydroxyl groups is 1. The van der Waals surface area contributed by atoms with Gasteiger partial charge in [0.1, 0.15) is 0 Å². The van der Waals surface area contributed by atoms with Gasteiger partial charge < -0.3 is 5.11 Å². The molecule has 0 spiro atoms. The Morgan fingerprint density at radius 1 is 1.12 bits per heavy atom. The number of hydrogen-bond acceptors (Lipinski definition) is 3. The molecule has 0 amide bonds. The molecule has 4 rings (SSSR count). The molecule has 1 unspecified atom stereocenters. The second-order valence-electron chi connectivity index (χ2n) is 6.99. The van der Waals surface area contributed by atoms with Crippen LogP contribution < -0.4 is 0 Å². The van der Waals surface area contributed by atoms with E-state index >= 15 is 0 Å². The summed E-state index contributed by atoms with van der Waals surface area (Å²) in [6.45, 7) is 2.45. The number of sulfonamides is 1. The van der Waals surface area contributed by atoms with Crippen LogP contribution >= 0.6 is 0 Å². The Balaban J connectivity index is 1.78. The van der Waals surface area contributed by atoms with E-state index in [0.717, 1.165) is 17.5 Å². The molecule has 5 heteroatoms. The molecule has 0 radical (unpaired) electrons. The highest BCUT2D eigenvalue weighted by molar-refractivity contribution is 7.89. The van der Waals surface area contributed by atoms with Crippen molar-refractivity contribution in [3.05, 3.63) is 65.7 Å². The van der Waals surface area contributed by atoms with Gasteiger partial charge in [-0.3, -0.25) is 0 Å². The first kappa shape index (κ1) is 15.8. The van der Waals surface area contributed by atoms with E-state index in [1.807, 2.05) is 49.4 Å². The first-order valence-corrected chi connectivity index (χ1v) is 9.67. The highest BCUT2D eigenvalue weighted by atomic mass is 32.2. The standard InChI is InChI=1S/C19H21NO3S/c1-14-7-9-17(10-8-14)24(22,23)20-12-16-11-19(16,13-21)18(20)15-5-3-2-4-6-15/h2-10,16,18,21H,11-13H2,1H3/t16?,18-,19-/m0/s1. The van der Waals surface area contributed by atoms with E-state index < -0.39 is 10.0 Å². The summed E-state index contributed by atoms with van der Waals surface area (Å²) in [7, 11) is -3.58. The molecule has 2 aromatic rings. The molecule has 1 saturated heterocycles. The zero-order chi connectivity index (χ0) is 16.9. The van der Waals surface area contributed by atoms with Crippen LogP contribution in [0.15, 0.2) is 59.5 Å². The van der Waals surface area contributed by atoms with Crippen molar-refractivity contribution in [2.24, 2.45) is 11.3 Å². The molecular weight excluding hydrogens is 322 g/mol. The minimum absolute atomic E-state index is 0.0249. The number of rotatable bonds is 4. The van der Waals surface area contributed by atoms with E-state index in [9.17, 15) is 13.5 Å². The van der Waals surface area contributed by atoms with Gasteiger partial charge in [0.2, 0.25) is 10.0 Å². The summed E-state index contributed by atoms with van der Waals surface area (Å²) in [4.78, 5) is 0.323. The van der Waals surface area contributed by atoms with Crippen molar-refractivity contribution in [3.63, 3.8) is 0 Å². The molecule has 1 aliphatic heterocycles. The Morgan fingerprint density at radius 3 is 2.42 bits per heavy atom. The highest BCUT2D eigenvalue weighted by Crippen LogP contribution is 2.67. The van der Waals surface area contributed by atoms with Crippen molar-refractivity contribution in [1.29, 1.82) is 0 Å². The molecule has 1 aliphatic carbocycles. The van der Waals surface area contributed by atoms with E-state index in [4.69, 9.17) is 0 Å². The third-order valence-corrected chi connectivity index (χ3v) is 7.39. The Morgan fingerprint density at radius 2 is 1.79 bits per heavy atom. The van der Waals surface area contributed by atoms with Crippen LogP contribution in [-0.2, 0) is 10.0 Å². The van der Waals surface area contributed by atoms with Crippen molar-refractivity contribution in [1.82, 2.24) is 4.31 Å². The van der Waals surface area contributed by atoms with Gasteiger partial charge in [0, 0.05) is 12.0 Å². The van der Waals surface area contributed by atoms with Gasteiger partial charge in [-0.05, 0) is 37.0 Å². The minimum Gasteiger partial charge on any atom is -0.396 e. The molecule has 2 aliphatic rings. The molecule has 1 saturated carbocycles. The van der Waals surface area contributed by atoms with Crippen LogP contribution in [0.25, 0.3) is 0 Å². The molecule has 1 heterocycles. The second-order valence-corrected chi connectivity index (χ2v) is 8.88. The quantitative estimate of drug-likeness (QED) is 0.929. The molecule has 0 aromatic heterocycles. The van der Waals surface area contributed by atoms with Gasteiger partial charge in [0.15, 0.2) is 0 Å². The molecular formula is C19H21NO3S. The van der Waals surface area contributed by atoms with Crippen molar-refractivity contribution < 1.29 is 13.5 Å². The Labute approximate surface area is 142 Å². The summed E-state index contributed by atoms with van der Waals surface area (Å²) in [5, 5.41) is 9.97. The zero-order valence-electron chi connectivity index (χ0n) is 13.6. The SMILES string of the molecule is Cc1ccc(S(=O)(=O)N2CC3C[C@@]3(CO)[C@@H]2c2ccccc2)cc1. The molecule has 24 heavy (non-hydrogen) atoms. The third-order valence-electron chi connectivity index (χ3n) is 5.55. The number of hydrogen-bond donors (Lipinski definition) is 1. The fraction of sp³-hybridized carbons (Fsp3) is 0.368. The predicted molar refractivity (Wildman–Crippen MR) is 91.9 cm³/mol. The highest BCUT2D eigenvalue weighted by Gasteiger charge is 2.68. The predicted octanol–water partition coefficient (Wildman–Crippen LogP) is 2.74. The number of benzene rings is 2. The molecule has 126 valence electrons. The van der Waals surface area contributed by atoms with Crippen LogP contribution in [0.4, 0.5) is 0 Å². The summed E-state index contributed by atoms with van der Waals surface area (Å²) in [6.07, 6.45) is 0.892. The Kier molecular flexibility index (Phi) is 3.56. The van der Waals surface area contributed by atoms with Gasteiger partial charge in [0.25, 0.3) is 0 Å². The smallest absolute Gasteiger partial charge is 0.243 e. The molecule has 0 bridgehead atoms. The lowest BCUT2D eigenvalue weighted by Crippen LogP contribution is -2.36. The van der Waals surface area contributed by atoms with Crippen molar-refractivity contribution in [2.45, 2.75) is 24.3 Å². The van der Waals surface area contributed by atoms with E-state index in [1.165, 1.54) is 0 Å². The lowest BCUT2D eigenvalue weighted by atomic mass is 9.91. The monoisotopic (exact) mass is 343 g/mol. The molecule has 1 N–H and O–H groups in total. The number of aliphatic hydroxyl groups excluding tert-OH is 1. The first-order valence-electron chi connectivity index (χ1n) is 8.23. The van der Waals surface area contributed by atoms with Gasteiger partial charge in [0.05, 0.1) is 17.5 Å². The van der Waals surface area contributed by atoms with Crippen molar-refractivity contribution in [3.8, 4) is 0 Å². The van der Waals surface area contributed by atoms with Crippen LogP contribution in [0.5, 0.6) is 0 Å². The van der Waals surface area contributed by atoms with E-state index in [0.29, 0.717) is 11.4 Å². The topological polar surface area (TPSA) is 57.6 Å². The first-order chi connectivity index (χ1) is 11.5. The number of fused-ring (bicyclic) bond motifs is 1. The van der Waals surface area contributed by atoms with E-state index in [2.05, 4.69) is 0 Å². The summed E-state index contributed by atoms with van der Waals surface area (Å²) in [5.41, 5.74) is 1.67. The van der Waals surface area contributed by atoms with Crippen LogP contribution in [0.2, 0.25) is 0 Å². The maximum atomic E-state index is 13.2. The Hall–Kier alpha value is -1.69. The average Bonchev–Trinajstić information content (AvgIpc) is 3.21. The summed E-state index contributed by atoms with van der Waals surface area (Å²) in [5.74, 6) is 0.243. The summed E-state index contributed by atoms with van der Waals surface area (Å²) >= 11 is 0. The second kappa shape index (κ2) is 5.41. The molecule has 4 nitrogen and oxygen atoms in total. The van der Waals surface area contributed by atoms with Gasteiger partial charge in [-0.2, -0.15) is 4.31 Å². The van der Waals surface area contributed by atoms with Gasteiger partial charge in [-0.15, -0.1) is 0 Å². The van der Waals surface area contributed by atoms with Gasteiger partial charge in [-0.1, -0.05) is 48.0 Å². The Bertz CT molecular complexity index is 844. The fourth-order valence-corrected chi connectivity index (χ4v) is 5.82. The third kappa shape index (κ3) is 2.23. The largest absolute Gasteiger partial charge is 0.396 e. The number of aryl methyl sites for hydroxylation is 1. The number of piperidine rings is 1. The van der Waals surface area contributed by atoms with Gasteiger partial charge >= 0.3 is 0 Å². The molecule has 2 fully saturated rings. The molecule has 2 aromatic carbocycles. The van der Waals surface area contributed by atoms with E-state index in [-0.39, 0.29) is 24.0 Å². The lowest BCUT2D eigenvalue weighted by molar-refractivity contribution is 0.162. The van der Waals surface area contributed by atoms with Crippen LogP contribution in [0.1, 0.15) is 23.6 Å². The van der Waals surface area contributed by atoms with Crippen LogP contribution in [0.3, 0.4) is 0 Å². The van der Waals surface area contributed by atoms with E-state index in [1.54, 1.807) is 16.4 Å². The minimum atomic E-state index is -3.58. The van der Waals surface area contributed by atoms with Crippen LogP contribution in [-0.4, -0.2) is 31.0 Å².